The standard InChI is InChI=1S/C17H19N5O2/c1-2-22-12-8-4-3-7-11(12)14(23)13(20-22)15-19-16(21-24-15)17(18)9-5-6-10-17/h3-4,7-8H,2,5-6,9-10,18H2,1H3. The van der Waals surface area contributed by atoms with Crippen molar-refractivity contribution in [2.45, 2.75) is 44.7 Å². The largest absolute Gasteiger partial charge is 0.332 e. The molecule has 1 aliphatic carbocycles. The third kappa shape index (κ3) is 2.24. The van der Waals surface area contributed by atoms with Gasteiger partial charge in [-0.05, 0) is 31.9 Å². The molecule has 124 valence electrons. The highest BCUT2D eigenvalue weighted by molar-refractivity contribution is 5.81. The molecule has 0 saturated heterocycles. The van der Waals surface area contributed by atoms with Crippen LogP contribution >= 0.6 is 0 Å². The van der Waals surface area contributed by atoms with Crippen LogP contribution in [0.4, 0.5) is 0 Å². The van der Waals surface area contributed by atoms with E-state index in [-0.39, 0.29) is 17.0 Å². The third-order valence-corrected chi connectivity index (χ3v) is 4.73. The smallest absolute Gasteiger partial charge is 0.282 e. The van der Waals surface area contributed by atoms with Gasteiger partial charge in [0.15, 0.2) is 11.5 Å². The zero-order valence-corrected chi connectivity index (χ0v) is 13.5. The summed E-state index contributed by atoms with van der Waals surface area (Å²) in [7, 11) is 0. The molecule has 0 atom stereocenters. The zero-order valence-electron chi connectivity index (χ0n) is 13.5. The lowest BCUT2D eigenvalue weighted by Gasteiger charge is -2.17. The number of para-hydroxylation sites is 1. The van der Waals surface area contributed by atoms with Gasteiger partial charge in [-0.15, -0.1) is 0 Å². The van der Waals surface area contributed by atoms with Crippen molar-refractivity contribution in [3.8, 4) is 11.6 Å². The zero-order chi connectivity index (χ0) is 16.7. The van der Waals surface area contributed by atoms with Crippen molar-refractivity contribution >= 4 is 10.9 Å². The molecule has 0 radical (unpaired) electrons. The summed E-state index contributed by atoms with van der Waals surface area (Å²) in [6.45, 7) is 2.61. The number of nitrogens with zero attached hydrogens (tertiary/aromatic N) is 4. The molecule has 2 aromatic heterocycles. The summed E-state index contributed by atoms with van der Waals surface area (Å²) in [5.74, 6) is 0.604. The van der Waals surface area contributed by atoms with Crippen LogP contribution in [0.3, 0.4) is 0 Å². The van der Waals surface area contributed by atoms with E-state index in [1.54, 1.807) is 10.7 Å². The Morgan fingerprint density at radius 3 is 2.79 bits per heavy atom. The first kappa shape index (κ1) is 15.0. The molecule has 2 N–H and O–H groups in total. The molecule has 1 aliphatic rings. The minimum absolute atomic E-state index is 0.139. The Labute approximate surface area is 138 Å². The molecule has 0 bridgehead atoms. The molecule has 1 saturated carbocycles. The van der Waals surface area contributed by atoms with Crippen molar-refractivity contribution in [3.63, 3.8) is 0 Å². The van der Waals surface area contributed by atoms with E-state index in [9.17, 15) is 4.79 Å². The molecular weight excluding hydrogens is 306 g/mol. The molecule has 0 amide bonds. The number of hydrogen-bond donors (Lipinski definition) is 1. The van der Waals surface area contributed by atoms with Crippen LogP contribution in [0.15, 0.2) is 33.6 Å². The molecule has 3 aromatic rings. The summed E-state index contributed by atoms with van der Waals surface area (Å²) in [6, 6.07) is 7.38. The molecule has 4 rings (SSSR count). The molecule has 1 aromatic carbocycles. The molecule has 0 unspecified atom stereocenters. The van der Waals surface area contributed by atoms with Crippen molar-refractivity contribution in [1.29, 1.82) is 0 Å². The Morgan fingerprint density at radius 1 is 1.29 bits per heavy atom. The van der Waals surface area contributed by atoms with Gasteiger partial charge in [0.25, 0.3) is 5.89 Å². The average Bonchev–Trinajstić information content (AvgIpc) is 3.26. The summed E-state index contributed by atoms with van der Waals surface area (Å²) in [4.78, 5) is 17.2. The molecule has 7 heteroatoms. The van der Waals surface area contributed by atoms with E-state index in [4.69, 9.17) is 10.3 Å². The first-order valence-electron chi connectivity index (χ1n) is 8.26. The minimum Gasteiger partial charge on any atom is -0.332 e. The lowest BCUT2D eigenvalue weighted by atomic mass is 9.99. The predicted molar refractivity (Wildman–Crippen MR) is 89.3 cm³/mol. The fourth-order valence-corrected chi connectivity index (χ4v) is 3.37. The average molecular weight is 325 g/mol. The number of benzene rings is 1. The van der Waals surface area contributed by atoms with E-state index < -0.39 is 5.54 Å². The lowest BCUT2D eigenvalue weighted by molar-refractivity contribution is 0.372. The van der Waals surface area contributed by atoms with Crippen LogP contribution < -0.4 is 11.2 Å². The van der Waals surface area contributed by atoms with Crippen LogP contribution in [0.25, 0.3) is 22.5 Å². The van der Waals surface area contributed by atoms with Gasteiger partial charge in [-0.3, -0.25) is 9.48 Å². The maximum Gasteiger partial charge on any atom is 0.282 e. The number of aromatic nitrogens is 4. The van der Waals surface area contributed by atoms with Crippen molar-refractivity contribution < 1.29 is 4.52 Å². The summed E-state index contributed by atoms with van der Waals surface area (Å²) in [5.41, 5.74) is 6.58. The molecule has 0 spiro atoms. The van der Waals surface area contributed by atoms with Crippen molar-refractivity contribution in [3.05, 3.63) is 40.3 Å². The first-order chi connectivity index (χ1) is 11.6. The lowest BCUT2D eigenvalue weighted by Crippen LogP contribution is -2.34. The maximum atomic E-state index is 12.8. The molecule has 7 nitrogen and oxygen atoms in total. The van der Waals surface area contributed by atoms with E-state index in [1.807, 2.05) is 25.1 Å². The minimum atomic E-state index is -0.553. The topological polar surface area (TPSA) is 99.8 Å². The van der Waals surface area contributed by atoms with E-state index in [1.165, 1.54) is 0 Å². The van der Waals surface area contributed by atoms with Gasteiger partial charge in [0.2, 0.25) is 5.43 Å². The molecule has 24 heavy (non-hydrogen) atoms. The van der Waals surface area contributed by atoms with E-state index in [0.717, 1.165) is 31.2 Å². The van der Waals surface area contributed by atoms with Gasteiger partial charge in [-0.1, -0.05) is 30.1 Å². The summed E-state index contributed by atoms with van der Waals surface area (Å²) < 4.78 is 7.11. The highest BCUT2D eigenvalue weighted by atomic mass is 16.5. The van der Waals surface area contributed by atoms with E-state index in [0.29, 0.717) is 17.8 Å². The Hall–Kier alpha value is -2.54. The molecule has 2 heterocycles. The van der Waals surface area contributed by atoms with Gasteiger partial charge >= 0.3 is 0 Å². The van der Waals surface area contributed by atoms with Gasteiger partial charge in [-0.2, -0.15) is 10.1 Å². The monoisotopic (exact) mass is 325 g/mol. The quantitative estimate of drug-likeness (QED) is 0.792. The molecular formula is C17H19N5O2. The summed E-state index contributed by atoms with van der Waals surface area (Å²) in [5, 5.41) is 9.03. The normalized spacial score (nSPS) is 16.8. The van der Waals surface area contributed by atoms with Gasteiger partial charge in [0.1, 0.15) is 0 Å². The second kappa shape index (κ2) is 5.52. The maximum absolute atomic E-state index is 12.8. The van der Waals surface area contributed by atoms with E-state index >= 15 is 0 Å². The predicted octanol–water partition coefficient (Wildman–Crippen LogP) is 2.19. The second-order valence-electron chi connectivity index (χ2n) is 6.30. The van der Waals surface area contributed by atoms with Crippen LogP contribution in [-0.2, 0) is 12.1 Å². The number of fused-ring (bicyclic) bond motifs is 1. The van der Waals surface area contributed by atoms with Crippen LogP contribution in [0.5, 0.6) is 0 Å². The number of hydrogen-bond acceptors (Lipinski definition) is 6. The van der Waals surface area contributed by atoms with Crippen molar-refractivity contribution in [2.24, 2.45) is 5.73 Å². The second-order valence-corrected chi connectivity index (χ2v) is 6.30. The highest BCUT2D eigenvalue weighted by Crippen LogP contribution is 2.35. The first-order valence-corrected chi connectivity index (χ1v) is 8.26. The molecule has 1 fully saturated rings. The van der Waals surface area contributed by atoms with Crippen LogP contribution in [0.1, 0.15) is 38.4 Å². The van der Waals surface area contributed by atoms with Crippen LogP contribution in [-0.4, -0.2) is 19.9 Å². The Morgan fingerprint density at radius 2 is 2.04 bits per heavy atom. The Bertz CT molecular complexity index is 953. The van der Waals surface area contributed by atoms with Gasteiger partial charge in [-0.25, -0.2) is 0 Å². The number of rotatable bonds is 3. The molecule has 0 aliphatic heterocycles. The summed E-state index contributed by atoms with van der Waals surface area (Å²) in [6.07, 6.45) is 3.76. The SMILES string of the molecule is CCn1nc(-c2nc(C3(N)CCCC3)no2)c(=O)c2ccccc21. The van der Waals surface area contributed by atoms with Crippen LogP contribution in [0.2, 0.25) is 0 Å². The summed E-state index contributed by atoms with van der Waals surface area (Å²) >= 11 is 0. The third-order valence-electron chi connectivity index (χ3n) is 4.73. The van der Waals surface area contributed by atoms with E-state index in [2.05, 4.69) is 15.2 Å². The van der Waals surface area contributed by atoms with Gasteiger partial charge in [0.05, 0.1) is 11.1 Å². The fraction of sp³-hybridized carbons (Fsp3) is 0.412. The van der Waals surface area contributed by atoms with Crippen molar-refractivity contribution in [1.82, 2.24) is 19.9 Å². The van der Waals surface area contributed by atoms with Gasteiger partial charge < -0.3 is 10.3 Å². The number of aryl methyl sites for hydroxylation is 1. The Balaban J connectivity index is 1.87. The van der Waals surface area contributed by atoms with Crippen LogP contribution in [0, 0.1) is 0 Å². The Kier molecular flexibility index (Phi) is 3.45. The number of nitrogens with two attached hydrogens (primary N) is 1. The highest BCUT2D eigenvalue weighted by Gasteiger charge is 2.36. The van der Waals surface area contributed by atoms with Gasteiger partial charge in [0, 0.05) is 11.9 Å². The van der Waals surface area contributed by atoms with Crippen molar-refractivity contribution in [2.75, 3.05) is 0 Å². The fourth-order valence-electron chi connectivity index (χ4n) is 3.37.